The number of rotatable bonds is 4. The van der Waals surface area contributed by atoms with E-state index in [0.717, 1.165) is 56.0 Å². The van der Waals surface area contributed by atoms with Gasteiger partial charge in [0, 0.05) is 36.7 Å². The molecule has 28 heavy (non-hydrogen) atoms. The number of amides is 1. The molecule has 2 aromatic rings. The normalized spacial score (nSPS) is 19.7. The highest BCUT2D eigenvalue weighted by molar-refractivity contribution is 7.16. The van der Waals surface area contributed by atoms with Gasteiger partial charge in [-0.15, -0.1) is 11.3 Å². The monoisotopic (exact) mass is 394 g/mol. The van der Waals surface area contributed by atoms with E-state index in [4.69, 9.17) is 0 Å². The minimum absolute atomic E-state index is 0.0173. The van der Waals surface area contributed by atoms with E-state index in [2.05, 4.69) is 52.4 Å². The molecule has 146 valence electrons. The van der Waals surface area contributed by atoms with Crippen molar-refractivity contribution in [3.05, 3.63) is 46.3 Å². The maximum atomic E-state index is 12.6. The van der Waals surface area contributed by atoms with Crippen LogP contribution in [0.25, 0.3) is 0 Å². The molecule has 1 aromatic carbocycles. The van der Waals surface area contributed by atoms with E-state index >= 15 is 0 Å². The standard InChI is InChI=1S/C22H26N4OS/c1-16-7-8-18-19(14-23)22(28-20(18)13-16)24-21(27)15-25-9-11-26(12-10-25)17-5-3-2-4-6-17/h2-6,16H,7-13,15H2,1H3,(H,24,27). The number of anilines is 2. The van der Waals surface area contributed by atoms with Crippen molar-refractivity contribution in [3.63, 3.8) is 0 Å². The zero-order chi connectivity index (χ0) is 19.5. The highest BCUT2D eigenvalue weighted by atomic mass is 32.1. The van der Waals surface area contributed by atoms with Crippen LogP contribution in [0.15, 0.2) is 30.3 Å². The van der Waals surface area contributed by atoms with Crippen molar-refractivity contribution in [2.75, 3.05) is 42.9 Å². The van der Waals surface area contributed by atoms with E-state index in [9.17, 15) is 10.1 Å². The van der Waals surface area contributed by atoms with Crippen LogP contribution in [0.3, 0.4) is 0 Å². The summed E-state index contributed by atoms with van der Waals surface area (Å²) in [5.41, 5.74) is 3.09. The molecule has 0 bridgehead atoms. The molecule has 0 spiro atoms. The summed E-state index contributed by atoms with van der Waals surface area (Å²) in [4.78, 5) is 18.4. The molecule has 1 aliphatic carbocycles. The summed E-state index contributed by atoms with van der Waals surface area (Å²) in [5, 5.41) is 13.4. The molecule has 1 atom stereocenters. The molecular formula is C22H26N4OS. The third-order valence-electron chi connectivity index (χ3n) is 5.74. The predicted molar refractivity (Wildman–Crippen MR) is 114 cm³/mol. The number of nitrogens with one attached hydrogen (secondary N) is 1. The van der Waals surface area contributed by atoms with Gasteiger partial charge >= 0.3 is 0 Å². The second-order valence-corrected chi connectivity index (χ2v) is 8.92. The molecule has 1 amide bonds. The summed E-state index contributed by atoms with van der Waals surface area (Å²) in [6.07, 6.45) is 3.09. The van der Waals surface area contributed by atoms with Gasteiger partial charge in [0.05, 0.1) is 12.1 Å². The zero-order valence-electron chi connectivity index (χ0n) is 16.3. The quantitative estimate of drug-likeness (QED) is 0.862. The molecule has 1 aromatic heterocycles. The van der Waals surface area contributed by atoms with Crippen molar-refractivity contribution in [2.45, 2.75) is 26.2 Å². The Kier molecular flexibility index (Phi) is 5.65. The average molecular weight is 395 g/mol. The third kappa shape index (κ3) is 4.06. The van der Waals surface area contributed by atoms with Crippen LogP contribution in [0.2, 0.25) is 0 Å². The molecule has 1 saturated heterocycles. The fourth-order valence-corrected chi connectivity index (χ4v) is 5.51. The maximum absolute atomic E-state index is 12.6. The molecule has 1 N–H and O–H groups in total. The molecule has 0 saturated carbocycles. The molecule has 6 heteroatoms. The minimum Gasteiger partial charge on any atom is -0.369 e. The number of carbonyl (C=O) groups excluding carboxylic acids is 1. The number of para-hydroxylation sites is 1. The molecule has 2 heterocycles. The summed E-state index contributed by atoms with van der Waals surface area (Å²) < 4.78 is 0. The van der Waals surface area contributed by atoms with Crippen molar-refractivity contribution in [2.24, 2.45) is 5.92 Å². The van der Waals surface area contributed by atoms with E-state index in [-0.39, 0.29) is 5.91 Å². The third-order valence-corrected chi connectivity index (χ3v) is 6.91. The Hall–Kier alpha value is -2.36. The second-order valence-electron chi connectivity index (χ2n) is 7.81. The Labute approximate surface area is 170 Å². The van der Waals surface area contributed by atoms with E-state index < -0.39 is 0 Å². The van der Waals surface area contributed by atoms with Crippen molar-refractivity contribution in [1.82, 2.24) is 4.90 Å². The van der Waals surface area contributed by atoms with E-state index in [0.29, 0.717) is 18.0 Å². The highest BCUT2D eigenvalue weighted by Gasteiger charge is 2.25. The van der Waals surface area contributed by atoms with Crippen LogP contribution in [-0.4, -0.2) is 43.5 Å². The SMILES string of the molecule is CC1CCc2c(sc(NC(=O)CN3CCN(c4ccccc4)CC3)c2C#N)C1. The highest BCUT2D eigenvalue weighted by Crippen LogP contribution is 2.39. The van der Waals surface area contributed by atoms with Gasteiger partial charge in [0.25, 0.3) is 0 Å². The van der Waals surface area contributed by atoms with Gasteiger partial charge < -0.3 is 10.2 Å². The second kappa shape index (κ2) is 8.34. The molecule has 1 aliphatic heterocycles. The zero-order valence-corrected chi connectivity index (χ0v) is 17.1. The van der Waals surface area contributed by atoms with E-state index in [1.165, 1.54) is 10.6 Å². The number of hydrogen-bond acceptors (Lipinski definition) is 5. The van der Waals surface area contributed by atoms with Crippen molar-refractivity contribution in [3.8, 4) is 6.07 Å². The van der Waals surface area contributed by atoms with Gasteiger partial charge in [0.2, 0.25) is 5.91 Å². The number of thiophene rings is 1. The van der Waals surface area contributed by atoms with Crippen LogP contribution in [0.1, 0.15) is 29.3 Å². The van der Waals surface area contributed by atoms with Crippen LogP contribution >= 0.6 is 11.3 Å². The first kappa shape index (κ1) is 19.0. The van der Waals surface area contributed by atoms with Crippen molar-refractivity contribution in [1.29, 1.82) is 5.26 Å². The molecule has 1 fully saturated rings. The van der Waals surface area contributed by atoms with Crippen LogP contribution in [-0.2, 0) is 17.6 Å². The van der Waals surface area contributed by atoms with E-state index in [1.807, 2.05) is 6.07 Å². The van der Waals surface area contributed by atoms with Crippen LogP contribution < -0.4 is 10.2 Å². The lowest BCUT2D eigenvalue weighted by atomic mass is 9.89. The number of benzene rings is 1. The largest absolute Gasteiger partial charge is 0.369 e. The van der Waals surface area contributed by atoms with Gasteiger partial charge in [-0.2, -0.15) is 5.26 Å². The summed E-state index contributed by atoms with van der Waals surface area (Å²) in [5.74, 6) is 0.637. The Balaban J connectivity index is 1.34. The fraction of sp³-hybridized carbons (Fsp3) is 0.455. The average Bonchev–Trinajstić information content (AvgIpc) is 3.04. The summed E-state index contributed by atoms with van der Waals surface area (Å²) in [6.45, 7) is 6.21. The van der Waals surface area contributed by atoms with Gasteiger partial charge in [-0.05, 0) is 42.9 Å². The molecule has 2 aliphatic rings. The van der Waals surface area contributed by atoms with Crippen molar-refractivity contribution < 1.29 is 4.79 Å². The summed E-state index contributed by atoms with van der Waals surface area (Å²) in [6, 6.07) is 12.7. The van der Waals surface area contributed by atoms with Crippen molar-refractivity contribution >= 4 is 27.9 Å². The Morgan fingerprint density at radius 3 is 2.71 bits per heavy atom. The lowest BCUT2D eigenvalue weighted by Crippen LogP contribution is -2.48. The van der Waals surface area contributed by atoms with Crippen LogP contribution in [0.4, 0.5) is 10.7 Å². The number of nitrogens with zero attached hydrogens (tertiary/aromatic N) is 3. The Morgan fingerprint density at radius 1 is 1.25 bits per heavy atom. The van der Waals surface area contributed by atoms with Gasteiger partial charge in [-0.25, -0.2) is 0 Å². The smallest absolute Gasteiger partial charge is 0.239 e. The first-order chi connectivity index (χ1) is 13.6. The topological polar surface area (TPSA) is 59.4 Å². The predicted octanol–water partition coefficient (Wildman–Crippen LogP) is 3.51. The minimum atomic E-state index is -0.0173. The van der Waals surface area contributed by atoms with Gasteiger partial charge in [-0.1, -0.05) is 25.1 Å². The lowest BCUT2D eigenvalue weighted by molar-refractivity contribution is -0.117. The molecule has 1 unspecified atom stereocenters. The Bertz CT molecular complexity index is 878. The first-order valence-corrected chi connectivity index (χ1v) is 10.8. The molecule has 0 radical (unpaired) electrons. The summed E-state index contributed by atoms with van der Waals surface area (Å²) in [7, 11) is 0. The lowest BCUT2D eigenvalue weighted by Gasteiger charge is -2.35. The number of hydrogen-bond donors (Lipinski definition) is 1. The van der Waals surface area contributed by atoms with Crippen LogP contribution in [0, 0.1) is 17.2 Å². The number of carbonyl (C=O) groups is 1. The molecule has 5 nitrogen and oxygen atoms in total. The number of fused-ring (bicyclic) bond motifs is 1. The van der Waals surface area contributed by atoms with E-state index in [1.54, 1.807) is 11.3 Å². The molecular weight excluding hydrogens is 368 g/mol. The fourth-order valence-electron chi connectivity index (χ4n) is 4.13. The summed E-state index contributed by atoms with van der Waals surface area (Å²) >= 11 is 1.60. The maximum Gasteiger partial charge on any atom is 0.239 e. The van der Waals surface area contributed by atoms with Gasteiger partial charge in [0.15, 0.2) is 0 Å². The number of nitriles is 1. The Morgan fingerprint density at radius 2 is 2.00 bits per heavy atom. The van der Waals surface area contributed by atoms with Gasteiger partial charge in [0.1, 0.15) is 11.1 Å². The van der Waals surface area contributed by atoms with Crippen LogP contribution in [0.5, 0.6) is 0 Å². The first-order valence-electron chi connectivity index (χ1n) is 10.0. The number of piperazine rings is 1. The molecule has 4 rings (SSSR count). The van der Waals surface area contributed by atoms with Gasteiger partial charge in [-0.3, -0.25) is 9.69 Å².